The van der Waals surface area contributed by atoms with Crippen LogP contribution in [0.3, 0.4) is 0 Å². The van der Waals surface area contributed by atoms with Crippen molar-refractivity contribution in [1.29, 1.82) is 0 Å². The Morgan fingerprint density at radius 1 is 1.15 bits per heavy atom. The van der Waals surface area contributed by atoms with Crippen LogP contribution in [0.5, 0.6) is 11.5 Å². The molecule has 2 rings (SSSR count). The second kappa shape index (κ2) is 6.46. The Labute approximate surface area is 120 Å². The Hall–Kier alpha value is -1.26. The molecule has 1 aliphatic carbocycles. The monoisotopic (exact) mass is 280 g/mol. The number of rotatable bonds is 8. The van der Waals surface area contributed by atoms with Crippen LogP contribution < -0.4 is 9.47 Å². The molecule has 1 aliphatic rings. The summed E-state index contributed by atoms with van der Waals surface area (Å²) in [5.74, 6) is 1.67. The molecule has 0 amide bonds. The lowest BCUT2D eigenvalue weighted by molar-refractivity contribution is -0.0534. The third kappa shape index (κ3) is 3.07. The molecule has 0 aliphatic heterocycles. The van der Waals surface area contributed by atoms with E-state index in [1.807, 2.05) is 32.0 Å². The third-order valence-electron chi connectivity index (χ3n) is 3.66. The number of hydrogen-bond donors (Lipinski definition) is 1. The van der Waals surface area contributed by atoms with E-state index in [1.54, 1.807) is 7.11 Å². The zero-order chi connectivity index (χ0) is 14.6. The first-order valence-electron chi connectivity index (χ1n) is 7.27. The number of hydrogen-bond acceptors (Lipinski definition) is 4. The van der Waals surface area contributed by atoms with Gasteiger partial charge in [0, 0.05) is 7.11 Å². The van der Waals surface area contributed by atoms with E-state index in [1.165, 1.54) is 0 Å². The Morgan fingerprint density at radius 3 is 2.35 bits per heavy atom. The van der Waals surface area contributed by atoms with E-state index in [2.05, 4.69) is 0 Å². The summed E-state index contributed by atoms with van der Waals surface area (Å²) in [6, 6.07) is 5.66. The van der Waals surface area contributed by atoms with E-state index in [9.17, 15) is 5.11 Å². The minimum Gasteiger partial charge on any atom is -0.490 e. The summed E-state index contributed by atoms with van der Waals surface area (Å²) in [4.78, 5) is 0. The Balaban J connectivity index is 2.32. The fraction of sp³-hybridized carbons (Fsp3) is 0.625. The standard InChI is InChI=1S/C16H24O4/c1-4-19-14-9-8-13(10-15(14)20-5-2)16(17,11-18-3)12-6-7-12/h8-10,12,17H,4-7,11H2,1-3H3. The van der Waals surface area contributed by atoms with Crippen LogP contribution in [0.4, 0.5) is 0 Å². The fourth-order valence-corrected chi connectivity index (χ4v) is 2.54. The molecular weight excluding hydrogens is 256 g/mol. The highest BCUT2D eigenvalue weighted by Gasteiger charge is 2.45. The van der Waals surface area contributed by atoms with Crippen molar-refractivity contribution in [3.05, 3.63) is 23.8 Å². The lowest BCUT2D eigenvalue weighted by atomic mass is 9.89. The highest BCUT2D eigenvalue weighted by atomic mass is 16.5. The summed E-state index contributed by atoms with van der Waals surface area (Å²) in [7, 11) is 1.62. The van der Waals surface area contributed by atoms with Gasteiger partial charge in [-0.15, -0.1) is 0 Å². The summed E-state index contributed by atoms with van der Waals surface area (Å²) in [6.45, 7) is 5.33. The lowest BCUT2D eigenvalue weighted by Gasteiger charge is -2.28. The molecule has 1 fully saturated rings. The topological polar surface area (TPSA) is 47.9 Å². The quantitative estimate of drug-likeness (QED) is 0.795. The van der Waals surface area contributed by atoms with Crippen molar-refractivity contribution in [2.45, 2.75) is 32.3 Å². The number of methoxy groups -OCH3 is 1. The predicted molar refractivity (Wildman–Crippen MR) is 77.3 cm³/mol. The van der Waals surface area contributed by atoms with Gasteiger partial charge in [-0.2, -0.15) is 0 Å². The van der Waals surface area contributed by atoms with Gasteiger partial charge in [0.1, 0.15) is 5.60 Å². The molecule has 0 heterocycles. The van der Waals surface area contributed by atoms with Crippen molar-refractivity contribution >= 4 is 0 Å². The van der Waals surface area contributed by atoms with E-state index in [0.717, 1.165) is 18.4 Å². The minimum absolute atomic E-state index is 0.273. The summed E-state index contributed by atoms with van der Waals surface area (Å²) in [6.07, 6.45) is 2.08. The van der Waals surface area contributed by atoms with Crippen LogP contribution in [0, 0.1) is 5.92 Å². The SMILES string of the molecule is CCOc1ccc(C(O)(COC)C2CC2)cc1OCC. The molecule has 1 unspecified atom stereocenters. The molecule has 0 radical (unpaired) electrons. The Morgan fingerprint density at radius 2 is 1.80 bits per heavy atom. The first kappa shape index (κ1) is 15.1. The summed E-state index contributed by atoms with van der Waals surface area (Å²) < 4.78 is 16.4. The molecule has 1 N–H and O–H groups in total. The van der Waals surface area contributed by atoms with Gasteiger partial charge in [-0.3, -0.25) is 0 Å². The highest BCUT2D eigenvalue weighted by molar-refractivity contribution is 5.45. The van der Waals surface area contributed by atoms with Gasteiger partial charge in [-0.05, 0) is 50.3 Å². The molecule has 112 valence electrons. The Kier molecular flexibility index (Phi) is 4.89. The van der Waals surface area contributed by atoms with Crippen molar-refractivity contribution in [3.8, 4) is 11.5 Å². The zero-order valence-electron chi connectivity index (χ0n) is 12.5. The average molecular weight is 280 g/mol. The second-order valence-electron chi connectivity index (χ2n) is 5.16. The first-order valence-corrected chi connectivity index (χ1v) is 7.27. The molecule has 4 nitrogen and oxygen atoms in total. The molecule has 1 saturated carbocycles. The van der Waals surface area contributed by atoms with E-state index in [4.69, 9.17) is 14.2 Å². The van der Waals surface area contributed by atoms with Gasteiger partial charge in [0.15, 0.2) is 11.5 Å². The largest absolute Gasteiger partial charge is 0.490 e. The van der Waals surface area contributed by atoms with Crippen LogP contribution >= 0.6 is 0 Å². The van der Waals surface area contributed by atoms with Crippen molar-refractivity contribution in [3.63, 3.8) is 0 Å². The van der Waals surface area contributed by atoms with Crippen molar-refractivity contribution in [2.24, 2.45) is 5.92 Å². The maximum Gasteiger partial charge on any atom is 0.161 e. The van der Waals surface area contributed by atoms with Crippen molar-refractivity contribution in [2.75, 3.05) is 26.9 Å². The molecular formula is C16H24O4. The van der Waals surface area contributed by atoms with Gasteiger partial charge < -0.3 is 19.3 Å². The molecule has 20 heavy (non-hydrogen) atoms. The predicted octanol–water partition coefficient (Wildman–Crippen LogP) is 2.73. The number of aliphatic hydroxyl groups is 1. The fourth-order valence-electron chi connectivity index (χ4n) is 2.54. The summed E-state index contributed by atoms with van der Waals surface area (Å²) >= 11 is 0. The molecule has 4 heteroatoms. The number of benzene rings is 1. The van der Waals surface area contributed by atoms with Gasteiger partial charge in [-0.1, -0.05) is 6.07 Å². The van der Waals surface area contributed by atoms with Gasteiger partial charge in [0.05, 0.1) is 19.8 Å². The van der Waals surface area contributed by atoms with Gasteiger partial charge in [0.25, 0.3) is 0 Å². The van der Waals surface area contributed by atoms with Crippen LogP contribution in [0.1, 0.15) is 32.3 Å². The van der Waals surface area contributed by atoms with Crippen LogP contribution in [0.15, 0.2) is 18.2 Å². The van der Waals surface area contributed by atoms with Crippen LogP contribution in [0.2, 0.25) is 0 Å². The van der Waals surface area contributed by atoms with Gasteiger partial charge >= 0.3 is 0 Å². The normalized spacial score (nSPS) is 17.6. The van der Waals surface area contributed by atoms with Gasteiger partial charge in [0.2, 0.25) is 0 Å². The Bertz CT molecular complexity index is 442. The molecule has 1 atom stereocenters. The van der Waals surface area contributed by atoms with E-state index < -0.39 is 5.60 Å². The van der Waals surface area contributed by atoms with Crippen LogP contribution in [-0.4, -0.2) is 32.0 Å². The zero-order valence-corrected chi connectivity index (χ0v) is 12.5. The molecule has 0 aromatic heterocycles. The molecule has 0 saturated heterocycles. The lowest BCUT2D eigenvalue weighted by Crippen LogP contribution is -2.33. The number of ether oxygens (including phenoxy) is 3. The van der Waals surface area contributed by atoms with E-state index in [0.29, 0.717) is 31.3 Å². The van der Waals surface area contributed by atoms with Crippen LogP contribution in [0.25, 0.3) is 0 Å². The summed E-state index contributed by atoms with van der Waals surface area (Å²) in [5.41, 5.74) is -0.0838. The molecule has 1 aromatic rings. The van der Waals surface area contributed by atoms with Crippen molar-refractivity contribution in [1.82, 2.24) is 0 Å². The third-order valence-corrected chi connectivity index (χ3v) is 3.66. The molecule has 0 bridgehead atoms. The molecule has 1 aromatic carbocycles. The van der Waals surface area contributed by atoms with E-state index >= 15 is 0 Å². The maximum absolute atomic E-state index is 10.9. The summed E-state index contributed by atoms with van der Waals surface area (Å²) in [5, 5.41) is 10.9. The smallest absolute Gasteiger partial charge is 0.161 e. The second-order valence-corrected chi connectivity index (χ2v) is 5.16. The van der Waals surface area contributed by atoms with E-state index in [-0.39, 0.29) is 5.92 Å². The van der Waals surface area contributed by atoms with Crippen LogP contribution in [-0.2, 0) is 10.3 Å². The molecule has 0 spiro atoms. The minimum atomic E-state index is -0.925. The average Bonchev–Trinajstić information content (AvgIpc) is 3.26. The van der Waals surface area contributed by atoms with Crippen molar-refractivity contribution < 1.29 is 19.3 Å². The van der Waals surface area contributed by atoms with Gasteiger partial charge in [-0.25, -0.2) is 0 Å². The highest BCUT2D eigenvalue weighted by Crippen LogP contribution is 2.47. The maximum atomic E-state index is 10.9. The first-order chi connectivity index (χ1) is 9.65.